The molecular weight excluding hydrogens is 428 g/mol. The molecule has 3 rings (SSSR count). The van der Waals surface area contributed by atoms with Gasteiger partial charge in [0.1, 0.15) is 0 Å². The molecule has 0 aliphatic rings. The van der Waals surface area contributed by atoms with E-state index in [0.29, 0.717) is 16.8 Å². The quantitative estimate of drug-likeness (QED) is 0.417. The Balaban J connectivity index is 1.91. The molecule has 4 N–H and O–H groups in total. The first kappa shape index (κ1) is 22.9. The van der Waals surface area contributed by atoms with E-state index in [9.17, 15) is 18.0 Å². The van der Waals surface area contributed by atoms with Gasteiger partial charge in [0.2, 0.25) is 16.0 Å². The number of hydrogen-bond acceptors (Lipinski definition) is 5. The number of aliphatic imine (C=N–C) groups is 1. The monoisotopic (exact) mass is 450 g/mol. The number of carbonyl (C=O) groups excluding carboxylic acids is 2. The molecule has 3 aromatic carbocycles. The van der Waals surface area contributed by atoms with E-state index in [4.69, 9.17) is 5.14 Å². The Morgan fingerprint density at radius 1 is 0.781 bits per heavy atom. The molecule has 0 heterocycles. The van der Waals surface area contributed by atoms with Crippen LogP contribution in [0.15, 0.2) is 82.7 Å². The maximum absolute atomic E-state index is 12.7. The fourth-order valence-electron chi connectivity index (χ4n) is 2.86. The second-order valence-corrected chi connectivity index (χ2v) is 8.71. The predicted octanol–water partition coefficient (Wildman–Crippen LogP) is 2.80. The molecule has 0 aliphatic heterocycles. The van der Waals surface area contributed by atoms with E-state index in [1.807, 2.05) is 26.0 Å². The first-order chi connectivity index (χ1) is 15.1. The Morgan fingerprint density at radius 2 is 1.25 bits per heavy atom. The summed E-state index contributed by atoms with van der Waals surface area (Å²) < 4.78 is 22.9. The van der Waals surface area contributed by atoms with Crippen LogP contribution in [0.2, 0.25) is 0 Å². The Morgan fingerprint density at radius 3 is 1.66 bits per heavy atom. The molecule has 0 spiro atoms. The summed E-state index contributed by atoms with van der Waals surface area (Å²) in [5.41, 5.74) is 2.90. The number of carbonyl (C=O) groups is 2. The Hall–Kier alpha value is -3.82. The van der Waals surface area contributed by atoms with Crippen LogP contribution in [-0.2, 0) is 10.0 Å². The number of amides is 2. The average Bonchev–Trinajstić information content (AvgIpc) is 2.73. The Kier molecular flexibility index (Phi) is 6.82. The second kappa shape index (κ2) is 9.54. The summed E-state index contributed by atoms with van der Waals surface area (Å²) in [7, 11) is -3.85. The van der Waals surface area contributed by atoms with Crippen LogP contribution < -0.4 is 15.8 Å². The minimum Gasteiger partial charge on any atom is -0.292 e. The van der Waals surface area contributed by atoms with E-state index in [1.54, 1.807) is 36.4 Å². The standard InChI is InChI=1S/C23H22N4O4S/c1-15-5-3-7-17(13-15)21(28)26-23(27-22(29)18-8-4-6-16(2)14-18)25-19-9-11-20(12-10-19)32(24,30)31/h3-14H,1-2H3,(H2,24,30,31)(H2,25,26,27,28,29). The number of nitrogens with two attached hydrogens (primary N) is 1. The fourth-order valence-corrected chi connectivity index (χ4v) is 3.37. The molecular formula is C23H22N4O4S. The molecule has 0 saturated carbocycles. The van der Waals surface area contributed by atoms with Crippen molar-refractivity contribution in [1.82, 2.24) is 10.6 Å². The predicted molar refractivity (Wildman–Crippen MR) is 122 cm³/mol. The van der Waals surface area contributed by atoms with Crippen LogP contribution in [-0.4, -0.2) is 26.2 Å². The maximum Gasteiger partial charge on any atom is 0.257 e. The number of sulfonamides is 1. The number of nitrogens with one attached hydrogen (secondary N) is 2. The normalized spacial score (nSPS) is 10.8. The average molecular weight is 451 g/mol. The summed E-state index contributed by atoms with van der Waals surface area (Å²) in [6.07, 6.45) is 0. The van der Waals surface area contributed by atoms with Crippen molar-refractivity contribution in [2.45, 2.75) is 18.7 Å². The van der Waals surface area contributed by atoms with E-state index in [-0.39, 0.29) is 10.9 Å². The molecule has 0 aromatic heterocycles. The van der Waals surface area contributed by atoms with Crippen LogP contribution in [0.3, 0.4) is 0 Å². The Bertz CT molecular complexity index is 1240. The van der Waals surface area contributed by atoms with Crippen LogP contribution >= 0.6 is 0 Å². The highest BCUT2D eigenvalue weighted by Gasteiger charge is 2.14. The van der Waals surface area contributed by atoms with Gasteiger partial charge in [0.25, 0.3) is 11.8 Å². The largest absolute Gasteiger partial charge is 0.292 e. The van der Waals surface area contributed by atoms with Gasteiger partial charge >= 0.3 is 0 Å². The third kappa shape index (κ3) is 6.10. The number of benzene rings is 3. The van der Waals surface area contributed by atoms with Gasteiger partial charge in [-0.25, -0.2) is 18.5 Å². The number of aryl methyl sites for hydroxylation is 2. The molecule has 0 bridgehead atoms. The number of primary sulfonamides is 1. The zero-order valence-electron chi connectivity index (χ0n) is 17.5. The molecule has 9 heteroatoms. The van der Waals surface area contributed by atoms with Crippen LogP contribution in [0, 0.1) is 13.8 Å². The van der Waals surface area contributed by atoms with E-state index in [1.165, 1.54) is 24.3 Å². The molecule has 0 atom stereocenters. The molecule has 32 heavy (non-hydrogen) atoms. The molecule has 164 valence electrons. The fraction of sp³-hybridized carbons (Fsp3) is 0.0870. The van der Waals surface area contributed by atoms with Crippen molar-refractivity contribution in [3.63, 3.8) is 0 Å². The third-order valence-corrected chi connectivity index (χ3v) is 5.36. The van der Waals surface area contributed by atoms with Crippen LogP contribution in [0.1, 0.15) is 31.8 Å². The minimum absolute atomic E-state index is 0.0782. The van der Waals surface area contributed by atoms with Gasteiger partial charge in [0, 0.05) is 11.1 Å². The summed E-state index contributed by atoms with van der Waals surface area (Å²) in [5, 5.41) is 10.3. The van der Waals surface area contributed by atoms with E-state index >= 15 is 0 Å². The lowest BCUT2D eigenvalue weighted by atomic mass is 10.1. The van der Waals surface area contributed by atoms with Crippen LogP contribution in [0.4, 0.5) is 5.69 Å². The lowest BCUT2D eigenvalue weighted by Gasteiger charge is -2.12. The molecule has 2 amide bonds. The second-order valence-electron chi connectivity index (χ2n) is 7.15. The van der Waals surface area contributed by atoms with Crippen molar-refractivity contribution in [2.24, 2.45) is 10.1 Å². The van der Waals surface area contributed by atoms with Crippen molar-refractivity contribution in [3.8, 4) is 0 Å². The van der Waals surface area contributed by atoms with Gasteiger partial charge in [0.15, 0.2) is 0 Å². The van der Waals surface area contributed by atoms with Crippen molar-refractivity contribution in [1.29, 1.82) is 0 Å². The van der Waals surface area contributed by atoms with Gasteiger partial charge in [0.05, 0.1) is 10.6 Å². The van der Waals surface area contributed by atoms with Crippen molar-refractivity contribution < 1.29 is 18.0 Å². The molecule has 0 saturated heterocycles. The summed E-state index contributed by atoms with van der Waals surface area (Å²) in [6.45, 7) is 3.72. The zero-order chi connectivity index (χ0) is 23.3. The van der Waals surface area contributed by atoms with Gasteiger partial charge in [-0.1, -0.05) is 35.4 Å². The van der Waals surface area contributed by atoms with E-state index in [0.717, 1.165) is 11.1 Å². The number of guanidine groups is 1. The van der Waals surface area contributed by atoms with Crippen molar-refractivity contribution >= 4 is 33.5 Å². The molecule has 3 aromatic rings. The summed E-state index contributed by atoms with van der Waals surface area (Å²) >= 11 is 0. The molecule has 8 nitrogen and oxygen atoms in total. The molecule has 0 fully saturated rings. The first-order valence-corrected chi connectivity index (χ1v) is 11.1. The highest BCUT2D eigenvalue weighted by atomic mass is 32.2. The zero-order valence-corrected chi connectivity index (χ0v) is 18.3. The van der Waals surface area contributed by atoms with Gasteiger partial charge in [-0.05, 0) is 62.4 Å². The van der Waals surface area contributed by atoms with E-state index in [2.05, 4.69) is 15.6 Å². The topological polar surface area (TPSA) is 131 Å². The summed E-state index contributed by atoms with van der Waals surface area (Å²) in [5.74, 6) is -1.03. The van der Waals surface area contributed by atoms with E-state index < -0.39 is 21.8 Å². The van der Waals surface area contributed by atoms with Crippen LogP contribution in [0.25, 0.3) is 0 Å². The summed E-state index contributed by atoms with van der Waals surface area (Å²) in [4.78, 5) is 29.6. The number of rotatable bonds is 4. The minimum atomic E-state index is -3.85. The SMILES string of the molecule is Cc1cccc(C(=O)NC(=Nc2ccc(S(N)(=O)=O)cc2)NC(=O)c2cccc(C)c2)c1. The van der Waals surface area contributed by atoms with Crippen LogP contribution in [0.5, 0.6) is 0 Å². The molecule has 0 aliphatic carbocycles. The van der Waals surface area contributed by atoms with Gasteiger partial charge in [-0.2, -0.15) is 0 Å². The maximum atomic E-state index is 12.7. The molecule has 0 unspecified atom stereocenters. The van der Waals surface area contributed by atoms with Gasteiger partial charge in [-0.15, -0.1) is 0 Å². The highest BCUT2D eigenvalue weighted by Crippen LogP contribution is 2.16. The summed E-state index contributed by atoms with van der Waals surface area (Å²) in [6, 6.07) is 19.3. The molecule has 0 radical (unpaired) electrons. The van der Waals surface area contributed by atoms with Gasteiger partial charge < -0.3 is 0 Å². The lowest BCUT2D eigenvalue weighted by Crippen LogP contribution is -2.43. The lowest BCUT2D eigenvalue weighted by molar-refractivity contribution is 0.0966. The van der Waals surface area contributed by atoms with Crippen molar-refractivity contribution in [3.05, 3.63) is 95.1 Å². The Labute approximate surface area is 186 Å². The van der Waals surface area contributed by atoms with Crippen molar-refractivity contribution in [2.75, 3.05) is 0 Å². The van der Waals surface area contributed by atoms with Gasteiger partial charge in [-0.3, -0.25) is 20.2 Å². The number of nitrogens with zero attached hydrogens (tertiary/aromatic N) is 1. The highest BCUT2D eigenvalue weighted by molar-refractivity contribution is 7.89. The number of hydrogen-bond donors (Lipinski definition) is 3. The third-order valence-electron chi connectivity index (χ3n) is 4.43. The first-order valence-electron chi connectivity index (χ1n) is 9.59. The smallest absolute Gasteiger partial charge is 0.257 e.